The lowest BCUT2D eigenvalue weighted by Gasteiger charge is -2.39. The second-order valence-electron chi connectivity index (χ2n) is 10.6. The number of nitrogens with one attached hydrogen (secondary N) is 1. The van der Waals surface area contributed by atoms with Crippen molar-refractivity contribution in [1.29, 1.82) is 0 Å². The highest BCUT2D eigenvalue weighted by molar-refractivity contribution is 7.90. The number of hydrogen-bond donors (Lipinski definition) is 1. The third-order valence-electron chi connectivity index (χ3n) is 6.40. The second-order valence-corrected chi connectivity index (χ2v) is 13.3. The Morgan fingerprint density at radius 1 is 1.24 bits per heavy atom. The molecule has 1 aromatic carbocycles. The van der Waals surface area contributed by atoms with Crippen molar-refractivity contribution in [3.05, 3.63) is 45.9 Å². The van der Waals surface area contributed by atoms with Crippen molar-refractivity contribution >= 4 is 49.9 Å². The number of rotatable bonds is 7. The molecule has 38 heavy (non-hydrogen) atoms. The zero-order valence-corrected chi connectivity index (χ0v) is 23.2. The van der Waals surface area contributed by atoms with Crippen molar-refractivity contribution in [3.8, 4) is 0 Å². The van der Waals surface area contributed by atoms with Crippen LogP contribution in [0, 0.1) is 0 Å². The first-order valence-electron chi connectivity index (χ1n) is 12.2. The van der Waals surface area contributed by atoms with Gasteiger partial charge in [0, 0.05) is 30.9 Å². The van der Waals surface area contributed by atoms with Crippen molar-refractivity contribution in [2.75, 3.05) is 25.1 Å². The number of amides is 1. The van der Waals surface area contributed by atoms with Gasteiger partial charge in [-0.3, -0.25) is 9.13 Å². The number of sulfone groups is 1. The van der Waals surface area contributed by atoms with Crippen LogP contribution in [0.3, 0.4) is 0 Å². The number of imidazole rings is 3. The van der Waals surface area contributed by atoms with Crippen LogP contribution in [0.15, 0.2) is 29.3 Å². The fourth-order valence-electron chi connectivity index (χ4n) is 4.70. The summed E-state index contributed by atoms with van der Waals surface area (Å²) in [6, 6.07) is 5.10. The Morgan fingerprint density at radius 2 is 1.97 bits per heavy atom. The number of carbonyl (C=O) groups is 1. The molecule has 0 saturated carbocycles. The van der Waals surface area contributed by atoms with Gasteiger partial charge in [0.05, 0.1) is 35.7 Å². The Labute approximate surface area is 224 Å². The maximum Gasteiger partial charge on any atom is 0.410 e. The third kappa shape index (κ3) is 5.17. The van der Waals surface area contributed by atoms with Gasteiger partial charge in [0.25, 0.3) is 0 Å². The van der Waals surface area contributed by atoms with E-state index in [-0.39, 0.29) is 24.0 Å². The molecule has 0 bridgehead atoms. The average molecular weight is 564 g/mol. The van der Waals surface area contributed by atoms with Crippen LogP contribution in [0.2, 0.25) is 5.02 Å². The lowest BCUT2D eigenvalue weighted by atomic mass is 10.1. The minimum Gasteiger partial charge on any atom is -0.444 e. The van der Waals surface area contributed by atoms with Crippen LogP contribution < -0.4 is 5.69 Å². The van der Waals surface area contributed by atoms with Crippen molar-refractivity contribution in [2.24, 2.45) is 0 Å². The number of likely N-dealkylation sites (tertiary alicyclic amines) is 1. The molecule has 204 valence electrons. The first-order chi connectivity index (χ1) is 17.8. The van der Waals surface area contributed by atoms with Crippen LogP contribution >= 0.6 is 11.6 Å². The zero-order valence-electron chi connectivity index (χ0n) is 21.6. The molecule has 14 heteroatoms. The highest BCUT2D eigenvalue weighted by atomic mass is 35.5. The van der Waals surface area contributed by atoms with E-state index in [1.807, 2.05) is 31.4 Å². The minimum atomic E-state index is -3.13. The Balaban J connectivity index is 1.45. The number of hydrogen-bond acceptors (Lipinski definition) is 7. The van der Waals surface area contributed by atoms with Gasteiger partial charge in [-0.15, -0.1) is 0 Å². The maximum atomic E-state index is 13.6. The molecule has 3 aromatic heterocycles. The van der Waals surface area contributed by atoms with E-state index < -0.39 is 21.5 Å². The van der Waals surface area contributed by atoms with Gasteiger partial charge in [-0.05, 0) is 45.4 Å². The Bertz CT molecular complexity index is 1690. The molecule has 1 amide bonds. The van der Waals surface area contributed by atoms with Gasteiger partial charge < -0.3 is 19.2 Å². The predicted molar refractivity (Wildman–Crippen MR) is 143 cm³/mol. The smallest absolute Gasteiger partial charge is 0.410 e. The molecule has 0 aliphatic carbocycles. The van der Waals surface area contributed by atoms with Gasteiger partial charge in [-0.1, -0.05) is 11.6 Å². The summed E-state index contributed by atoms with van der Waals surface area (Å²) in [6.45, 7) is 6.65. The summed E-state index contributed by atoms with van der Waals surface area (Å²) in [7, 11) is -3.13. The fourth-order valence-corrected chi connectivity index (χ4v) is 5.52. The van der Waals surface area contributed by atoms with Gasteiger partial charge >= 0.3 is 11.8 Å². The number of fused-ring (bicyclic) bond motifs is 2. The van der Waals surface area contributed by atoms with Crippen LogP contribution in [0.4, 0.5) is 4.79 Å². The number of carbonyl (C=O) groups excluding carboxylic acids is 1. The monoisotopic (exact) mass is 563 g/mol. The summed E-state index contributed by atoms with van der Waals surface area (Å²) in [6.07, 6.45) is 2.72. The van der Waals surface area contributed by atoms with Crippen LogP contribution in [0.1, 0.15) is 39.1 Å². The molecule has 4 aromatic rings. The molecule has 0 atom stereocenters. The van der Waals surface area contributed by atoms with Crippen molar-refractivity contribution in [2.45, 2.75) is 51.9 Å². The van der Waals surface area contributed by atoms with Crippen LogP contribution in [-0.4, -0.2) is 78.8 Å². The van der Waals surface area contributed by atoms with E-state index >= 15 is 0 Å². The van der Waals surface area contributed by atoms with Gasteiger partial charge in [0.1, 0.15) is 21.3 Å². The Kier molecular flexibility index (Phi) is 6.54. The van der Waals surface area contributed by atoms with Crippen LogP contribution in [0.25, 0.3) is 22.3 Å². The fraction of sp³-hybridized carbons (Fsp3) is 0.500. The van der Waals surface area contributed by atoms with Crippen molar-refractivity contribution < 1.29 is 17.9 Å². The number of nitrogens with zero attached hydrogens (tertiary/aromatic N) is 6. The van der Waals surface area contributed by atoms with Crippen LogP contribution in [0.5, 0.6) is 0 Å². The van der Waals surface area contributed by atoms with Crippen LogP contribution in [-0.2, 0) is 27.7 Å². The van der Waals surface area contributed by atoms with E-state index in [0.717, 1.165) is 5.52 Å². The molecule has 1 N–H and O–H groups in total. The molecular weight excluding hydrogens is 534 g/mol. The molecule has 0 radical (unpaired) electrons. The highest BCUT2D eigenvalue weighted by Gasteiger charge is 2.37. The summed E-state index contributed by atoms with van der Waals surface area (Å²) in [5.74, 6) is 0.624. The largest absolute Gasteiger partial charge is 0.444 e. The summed E-state index contributed by atoms with van der Waals surface area (Å²) in [5.41, 5.74) is 1.61. The first kappa shape index (κ1) is 26.3. The standard InChI is InChI=1S/C24H30ClN7O5S/c1-24(2,3)37-23(34)29-11-16(12-29)32-21-20(26-14-27-21)31(22(32)33)13-19-28-17-10-15(25)6-7-18(17)30(19)8-5-9-38(4,35)36/h6-7,10,14,16H,5,8-9,11-13H2,1-4H3,(H,26,27). The van der Waals surface area contributed by atoms with E-state index in [4.69, 9.17) is 21.3 Å². The zero-order chi connectivity index (χ0) is 27.4. The summed E-state index contributed by atoms with van der Waals surface area (Å²) in [5, 5.41) is 0.530. The molecule has 0 unspecified atom stereocenters. The Hall–Kier alpha value is -3.32. The lowest BCUT2D eigenvalue weighted by molar-refractivity contribution is 0.00102. The number of ether oxygens (including phenoxy) is 1. The SMILES string of the molecule is CC(C)(C)OC(=O)N1CC(n2c(=O)n(Cc3nc4cc(Cl)ccc4n3CCCS(C)(=O)=O)c3nc[nH]c32)C1. The average Bonchev–Trinajstić information content (AvgIpc) is 3.41. The van der Waals surface area contributed by atoms with Gasteiger partial charge in [-0.2, -0.15) is 0 Å². The number of aryl methyl sites for hydroxylation is 1. The number of aromatic amines is 1. The minimum absolute atomic E-state index is 0.0372. The summed E-state index contributed by atoms with van der Waals surface area (Å²) < 4.78 is 33.9. The maximum absolute atomic E-state index is 13.6. The number of benzene rings is 1. The first-order valence-corrected chi connectivity index (χ1v) is 14.7. The van der Waals surface area contributed by atoms with E-state index in [9.17, 15) is 18.0 Å². The molecule has 1 saturated heterocycles. The predicted octanol–water partition coefficient (Wildman–Crippen LogP) is 2.80. The molecule has 1 aliphatic heterocycles. The topological polar surface area (TPSA) is 137 Å². The molecule has 1 fully saturated rings. The molecule has 1 aliphatic rings. The van der Waals surface area contributed by atoms with E-state index in [1.54, 1.807) is 21.6 Å². The van der Waals surface area contributed by atoms with E-state index in [0.29, 0.717) is 53.7 Å². The molecule has 12 nitrogen and oxygen atoms in total. The third-order valence-corrected chi connectivity index (χ3v) is 7.66. The molecule has 0 spiro atoms. The van der Waals surface area contributed by atoms with E-state index in [1.165, 1.54) is 17.2 Å². The summed E-state index contributed by atoms with van der Waals surface area (Å²) in [4.78, 5) is 39.7. The number of halogens is 1. The van der Waals surface area contributed by atoms with Crippen molar-refractivity contribution in [3.63, 3.8) is 0 Å². The summed E-state index contributed by atoms with van der Waals surface area (Å²) >= 11 is 6.19. The normalized spacial score (nSPS) is 14.9. The van der Waals surface area contributed by atoms with E-state index in [2.05, 4.69) is 9.97 Å². The Morgan fingerprint density at radius 3 is 2.66 bits per heavy atom. The lowest BCUT2D eigenvalue weighted by Crippen LogP contribution is -2.54. The number of aromatic nitrogens is 6. The second kappa shape index (κ2) is 9.45. The van der Waals surface area contributed by atoms with Crippen molar-refractivity contribution in [1.82, 2.24) is 33.6 Å². The molecule has 4 heterocycles. The molecular formula is C24H30ClN7O5S. The highest BCUT2D eigenvalue weighted by Crippen LogP contribution is 2.26. The quantitative estimate of drug-likeness (QED) is 0.365. The molecule has 5 rings (SSSR count). The van der Waals surface area contributed by atoms with Gasteiger partial charge in [-0.25, -0.2) is 28.0 Å². The van der Waals surface area contributed by atoms with Gasteiger partial charge in [0.2, 0.25) is 0 Å². The van der Waals surface area contributed by atoms with Gasteiger partial charge in [0.15, 0.2) is 11.3 Å². The number of H-pyrrole nitrogens is 1.